The zero-order valence-corrected chi connectivity index (χ0v) is 19.2. The minimum Gasteiger partial charge on any atom is -0.534 e. The van der Waals surface area contributed by atoms with Crippen LogP contribution in [0, 0.1) is 5.92 Å². The smallest absolute Gasteiger partial charge is 0.534 e. The standard InChI is InChI=1S/C25H32BN3O5/c30-23(29-22-16-18-5-4-8-21(25(31)32)24(18)34-26(22)33)15-17-9-11-20(12-10-17)28-14-13-27-19-6-2-1-3-7-19/h1-8,17,20,22,27-28,33H,9-16H2,(H,29,30)(H,31,32)/t17?,20?,22-/m0/s1. The first-order valence-corrected chi connectivity index (χ1v) is 12.0. The van der Waals surface area contributed by atoms with Crippen LogP contribution >= 0.6 is 0 Å². The first-order chi connectivity index (χ1) is 16.5. The van der Waals surface area contributed by atoms with Crippen molar-refractivity contribution in [3.63, 3.8) is 0 Å². The third-order valence-corrected chi connectivity index (χ3v) is 6.68. The average molecular weight is 465 g/mol. The molecule has 180 valence electrons. The van der Waals surface area contributed by atoms with Crippen molar-refractivity contribution in [3.05, 3.63) is 59.7 Å². The average Bonchev–Trinajstić information content (AvgIpc) is 2.83. The van der Waals surface area contributed by atoms with Crippen LogP contribution in [-0.4, -0.2) is 54.2 Å². The second-order valence-electron chi connectivity index (χ2n) is 9.15. The molecule has 0 bridgehead atoms. The molecule has 1 saturated carbocycles. The third kappa shape index (κ3) is 6.30. The molecule has 5 N–H and O–H groups in total. The van der Waals surface area contributed by atoms with Crippen molar-refractivity contribution in [2.75, 3.05) is 18.4 Å². The summed E-state index contributed by atoms with van der Waals surface area (Å²) in [6, 6.07) is 15.5. The van der Waals surface area contributed by atoms with Crippen LogP contribution in [0.15, 0.2) is 48.5 Å². The number of nitrogens with one attached hydrogen (secondary N) is 3. The maximum Gasteiger partial charge on any atom is 0.547 e. The molecule has 9 heteroatoms. The Hall–Kier alpha value is -3.04. The number of aromatic carboxylic acids is 1. The lowest BCUT2D eigenvalue weighted by atomic mass is 9.72. The van der Waals surface area contributed by atoms with Gasteiger partial charge >= 0.3 is 13.1 Å². The van der Waals surface area contributed by atoms with E-state index < -0.39 is 19.0 Å². The van der Waals surface area contributed by atoms with Crippen LogP contribution in [0.3, 0.4) is 0 Å². The van der Waals surface area contributed by atoms with Crippen LogP contribution in [0.25, 0.3) is 0 Å². The van der Waals surface area contributed by atoms with Crippen LogP contribution in [0.1, 0.15) is 48.0 Å². The molecule has 2 aliphatic rings. The summed E-state index contributed by atoms with van der Waals surface area (Å²) in [6.07, 6.45) is 4.83. The summed E-state index contributed by atoms with van der Waals surface area (Å²) in [5.74, 6) is -1.30. The number of carbonyl (C=O) groups excluding carboxylic acids is 1. The van der Waals surface area contributed by atoms with Crippen molar-refractivity contribution in [2.45, 2.75) is 50.5 Å². The molecule has 0 radical (unpaired) electrons. The number of amides is 1. The first-order valence-electron chi connectivity index (χ1n) is 12.0. The van der Waals surface area contributed by atoms with Gasteiger partial charge in [-0.25, -0.2) is 4.79 Å². The molecule has 4 rings (SSSR count). The predicted octanol–water partition coefficient (Wildman–Crippen LogP) is 2.47. The van der Waals surface area contributed by atoms with E-state index in [1.807, 2.05) is 18.2 Å². The fourth-order valence-corrected chi connectivity index (χ4v) is 4.85. The molecule has 1 fully saturated rings. The number of para-hydroxylation sites is 2. The maximum absolute atomic E-state index is 12.6. The van der Waals surface area contributed by atoms with E-state index >= 15 is 0 Å². The minimum atomic E-state index is -1.28. The Labute approximate surface area is 200 Å². The molecule has 0 unspecified atom stereocenters. The number of carboxylic acid groups (broad SMARTS) is 1. The number of carbonyl (C=O) groups is 2. The Morgan fingerprint density at radius 1 is 1.00 bits per heavy atom. The SMILES string of the molecule is O=C(CC1CCC(NCCNc2ccccc2)CC1)N[C@H]1Cc2cccc(C(=O)O)c2OB1O. The summed E-state index contributed by atoms with van der Waals surface area (Å²) >= 11 is 0. The first kappa shape index (κ1) is 24.1. The molecule has 34 heavy (non-hydrogen) atoms. The lowest BCUT2D eigenvalue weighted by Gasteiger charge is -2.31. The van der Waals surface area contributed by atoms with Gasteiger partial charge in [-0.05, 0) is 61.8 Å². The van der Waals surface area contributed by atoms with Gasteiger partial charge in [0.05, 0.1) is 11.5 Å². The molecular weight excluding hydrogens is 433 g/mol. The number of benzene rings is 2. The molecule has 1 atom stereocenters. The molecule has 2 aromatic rings. The highest BCUT2D eigenvalue weighted by Crippen LogP contribution is 2.31. The van der Waals surface area contributed by atoms with Gasteiger partial charge in [-0.15, -0.1) is 0 Å². The summed E-state index contributed by atoms with van der Waals surface area (Å²) in [5, 5.41) is 29.5. The van der Waals surface area contributed by atoms with Crippen molar-refractivity contribution in [1.29, 1.82) is 0 Å². The molecule has 8 nitrogen and oxygen atoms in total. The van der Waals surface area contributed by atoms with Crippen LogP contribution in [0.5, 0.6) is 5.75 Å². The van der Waals surface area contributed by atoms with Gasteiger partial charge < -0.3 is 30.7 Å². The highest BCUT2D eigenvalue weighted by molar-refractivity contribution is 6.47. The second kappa shape index (κ2) is 11.4. The Morgan fingerprint density at radius 2 is 1.76 bits per heavy atom. The fourth-order valence-electron chi connectivity index (χ4n) is 4.85. The largest absolute Gasteiger partial charge is 0.547 e. The summed E-state index contributed by atoms with van der Waals surface area (Å²) in [6.45, 7) is 1.77. The van der Waals surface area contributed by atoms with Crippen molar-refractivity contribution < 1.29 is 24.4 Å². The van der Waals surface area contributed by atoms with E-state index in [4.69, 9.17) is 4.65 Å². The van der Waals surface area contributed by atoms with E-state index in [9.17, 15) is 19.7 Å². The van der Waals surface area contributed by atoms with E-state index in [0.29, 0.717) is 30.4 Å². The molecule has 1 aliphatic heterocycles. The Morgan fingerprint density at radius 3 is 2.50 bits per heavy atom. The maximum atomic E-state index is 12.6. The van der Waals surface area contributed by atoms with E-state index in [2.05, 4.69) is 28.1 Å². The number of hydrogen-bond donors (Lipinski definition) is 5. The Kier molecular flexibility index (Phi) is 8.08. The lowest BCUT2D eigenvalue weighted by molar-refractivity contribution is -0.122. The highest BCUT2D eigenvalue weighted by atomic mass is 16.5. The van der Waals surface area contributed by atoms with Crippen LogP contribution in [-0.2, 0) is 11.2 Å². The summed E-state index contributed by atoms with van der Waals surface area (Å²) < 4.78 is 5.46. The molecule has 0 aromatic heterocycles. The van der Waals surface area contributed by atoms with E-state index in [0.717, 1.165) is 44.5 Å². The van der Waals surface area contributed by atoms with Gasteiger partial charge in [0.25, 0.3) is 0 Å². The van der Waals surface area contributed by atoms with Gasteiger partial charge in [0.15, 0.2) is 0 Å². The number of rotatable bonds is 9. The molecule has 2 aromatic carbocycles. The van der Waals surface area contributed by atoms with Crippen molar-refractivity contribution in [3.8, 4) is 5.75 Å². The number of hydrogen-bond acceptors (Lipinski definition) is 6. The van der Waals surface area contributed by atoms with Gasteiger partial charge in [0.1, 0.15) is 5.75 Å². The number of anilines is 1. The molecular formula is C25H32BN3O5. The van der Waals surface area contributed by atoms with Gasteiger partial charge in [-0.3, -0.25) is 4.79 Å². The summed E-state index contributed by atoms with van der Waals surface area (Å²) in [4.78, 5) is 24.0. The van der Waals surface area contributed by atoms with E-state index in [1.165, 1.54) is 6.07 Å². The van der Waals surface area contributed by atoms with Crippen molar-refractivity contribution in [1.82, 2.24) is 10.6 Å². The van der Waals surface area contributed by atoms with Crippen LogP contribution in [0.4, 0.5) is 5.69 Å². The highest BCUT2D eigenvalue weighted by Gasteiger charge is 2.38. The van der Waals surface area contributed by atoms with Crippen LogP contribution in [0.2, 0.25) is 0 Å². The van der Waals surface area contributed by atoms with E-state index in [1.54, 1.807) is 12.1 Å². The third-order valence-electron chi connectivity index (χ3n) is 6.68. The molecule has 0 saturated heterocycles. The summed E-state index contributed by atoms with van der Waals surface area (Å²) in [7, 11) is -1.28. The van der Waals surface area contributed by atoms with Crippen LogP contribution < -0.4 is 20.6 Å². The topological polar surface area (TPSA) is 120 Å². The monoisotopic (exact) mass is 465 g/mol. The molecule has 1 heterocycles. The van der Waals surface area contributed by atoms with Crippen molar-refractivity contribution >= 4 is 24.7 Å². The number of carboxylic acids is 1. The van der Waals surface area contributed by atoms with Gasteiger partial charge in [0, 0.05) is 31.2 Å². The van der Waals surface area contributed by atoms with E-state index in [-0.39, 0.29) is 17.2 Å². The zero-order chi connectivity index (χ0) is 23.9. The zero-order valence-electron chi connectivity index (χ0n) is 19.2. The molecule has 1 amide bonds. The quantitative estimate of drug-likeness (QED) is 0.285. The Bertz CT molecular complexity index is 982. The van der Waals surface area contributed by atoms with Gasteiger partial charge in [-0.2, -0.15) is 0 Å². The van der Waals surface area contributed by atoms with Gasteiger partial charge in [-0.1, -0.05) is 30.3 Å². The Balaban J connectivity index is 1.17. The molecule has 1 aliphatic carbocycles. The lowest BCUT2D eigenvalue weighted by Crippen LogP contribution is -2.53. The second-order valence-corrected chi connectivity index (χ2v) is 9.15. The molecule has 0 spiro atoms. The summed E-state index contributed by atoms with van der Waals surface area (Å²) in [5.41, 5.74) is 1.81. The minimum absolute atomic E-state index is 0.0162. The number of fused-ring (bicyclic) bond motifs is 1. The normalized spacial score (nSPS) is 21.8. The van der Waals surface area contributed by atoms with Crippen molar-refractivity contribution in [2.24, 2.45) is 5.92 Å². The fraction of sp³-hybridized carbons (Fsp3) is 0.440. The predicted molar refractivity (Wildman–Crippen MR) is 131 cm³/mol. The van der Waals surface area contributed by atoms with Gasteiger partial charge in [0.2, 0.25) is 5.91 Å².